The molecule has 26 heavy (non-hydrogen) atoms. The van der Waals surface area contributed by atoms with Crippen molar-refractivity contribution >= 4 is 11.0 Å². The number of fused-ring (bicyclic) bond motifs is 1. The van der Waals surface area contributed by atoms with E-state index in [0.29, 0.717) is 16.5 Å². The lowest BCUT2D eigenvalue weighted by Crippen LogP contribution is -2.27. The fraction of sp³-hybridized carbons (Fsp3) is 0.250. The lowest BCUT2D eigenvalue weighted by Gasteiger charge is -2.27. The van der Waals surface area contributed by atoms with E-state index in [-0.39, 0.29) is 45.9 Å². The molecule has 0 atom stereocenters. The Labute approximate surface area is 148 Å². The van der Waals surface area contributed by atoms with E-state index >= 15 is 0 Å². The molecule has 1 aliphatic rings. The number of ether oxygens (including phenoxy) is 1. The number of phenols is 3. The average molecular weight is 354 g/mol. The van der Waals surface area contributed by atoms with E-state index in [0.717, 1.165) is 19.3 Å². The Kier molecular flexibility index (Phi) is 3.76. The van der Waals surface area contributed by atoms with Crippen molar-refractivity contribution in [3.05, 3.63) is 46.1 Å². The van der Waals surface area contributed by atoms with Gasteiger partial charge in [0, 0.05) is 11.6 Å². The lowest BCUT2D eigenvalue weighted by molar-refractivity contribution is 0.117. The lowest BCUT2D eigenvalue weighted by atomic mass is 9.96. The number of rotatable bonds is 3. The molecule has 1 heterocycles. The molecule has 1 saturated carbocycles. The van der Waals surface area contributed by atoms with Crippen LogP contribution in [-0.2, 0) is 0 Å². The second-order valence-electron chi connectivity index (χ2n) is 6.60. The van der Waals surface area contributed by atoms with Gasteiger partial charge in [0.2, 0.25) is 11.2 Å². The van der Waals surface area contributed by atoms with Crippen molar-refractivity contribution in [2.45, 2.75) is 32.3 Å². The normalized spacial score (nSPS) is 14.3. The standard InChI is InChI=1S/C20H18O6/c1-10-7-12(21)9-16-17(10)18(24)20(25-13-3-2-4-13)19(26-16)11-5-6-14(22)15(23)8-11/h5-9,13,21-23H,2-4H2,1H3. The zero-order chi connectivity index (χ0) is 18.4. The molecule has 1 aromatic heterocycles. The molecule has 0 saturated heterocycles. The summed E-state index contributed by atoms with van der Waals surface area (Å²) in [6, 6.07) is 7.03. The molecular weight excluding hydrogens is 336 g/mol. The Morgan fingerprint density at radius 3 is 2.50 bits per heavy atom. The van der Waals surface area contributed by atoms with Crippen LogP contribution in [0.4, 0.5) is 0 Å². The smallest absolute Gasteiger partial charge is 0.235 e. The monoisotopic (exact) mass is 354 g/mol. The Balaban J connectivity index is 2.00. The molecule has 1 fully saturated rings. The quantitative estimate of drug-likeness (QED) is 0.618. The third-order valence-electron chi connectivity index (χ3n) is 4.71. The van der Waals surface area contributed by atoms with Crippen molar-refractivity contribution in [2.75, 3.05) is 0 Å². The largest absolute Gasteiger partial charge is 0.508 e. The molecule has 6 nitrogen and oxygen atoms in total. The maximum absolute atomic E-state index is 13.1. The van der Waals surface area contributed by atoms with Gasteiger partial charge in [-0.2, -0.15) is 0 Å². The maximum Gasteiger partial charge on any atom is 0.235 e. The van der Waals surface area contributed by atoms with Crippen LogP contribution in [0.25, 0.3) is 22.3 Å². The highest BCUT2D eigenvalue weighted by molar-refractivity contribution is 5.86. The Hall–Kier alpha value is -3.15. The minimum absolute atomic E-state index is 0.00897. The predicted octanol–water partition coefficient (Wildman–Crippen LogP) is 3.82. The number of aromatic hydroxyl groups is 3. The van der Waals surface area contributed by atoms with E-state index in [1.54, 1.807) is 6.92 Å². The van der Waals surface area contributed by atoms with Gasteiger partial charge in [-0.3, -0.25) is 4.79 Å². The summed E-state index contributed by atoms with van der Waals surface area (Å²) in [5.74, 6) is -0.361. The third-order valence-corrected chi connectivity index (χ3v) is 4.71. The molecule has 3 aromatic rings. The number of hydrogen-bond donors (Lipinski definition) is 3. The van der Waals surface area contributed by atoms with Crippen molar-refractivity contribution in [3.63, 3.8) is 0 Å². The van der Waals surface area contributed by atoms with E-state index in [4.69, 9.17) is 9.15 Å². The number of benzene rings is 2. The Morgan fingerprint density at radius 2 is 1.85 bits per heavy atom. The molecule has 0 unspecified atom stereocenters. The molecule has 2 aromatic carbocycles. The maximum atomic E-state index is 13.1. The van der Waals surface area contributed by atoms with Crippen molar-refractivity contribution in [1.29, 1.82) is 0 Å². The summed E-state index contributed by atoms with van der Waals surface area (Å²) in [5.41, 5.74) is 0.899. The fourth-order valence-corrected chi connectivity index (χ4v) is 3.10. The third kappa shape index (κ3) is 2.63. The van der Waals surface area contributed by atoms with Crippen LogP contribution in [0.15, 0.2) is 39.5 Å². The summed E-state index contributed by atoms with van der Waals surface area (Å²) < 4.78 is 11.8. The summed E-state index contributed by atoms with van der Waals surface area (Å²) in [6.45, 7) is 1.72. The van der Waals surface area contributed by atoms with Gasteiger partial charge in [-0.1, -0.05) is 0 Å². The van der Waals surface area contributed by atoms with Crippen LogP contribution in [0.2, 0.25) is 0 Å². The van der Waals surface area contributed by atoms with Gasteiger partial charge in [-0.15, -0.1) is 0 Å². The minimum Gasteiger partial charge on any atom is -0.508 e. The fourth-order valence-electron chi connectivity index (χ4n) is 3.10. The van der Waals surface area contributed by atoms with Crippen LogP contribution in [0.5, 0.6) is 23.0 Å². The van der Waals surface area contributed by atoms with Gasteiger partial charge < -0.3 is 24.5 Å². The van der Waals surface area contributed by atoms with Crippen LogP contribution in [0.3, 0.4) is 0 Å². The Bertz CT molecular complexity index is 1060. The van der Waals surface area contributed by atoms with Crippen LogP contribution in [0, 0.1) is 6.92 Å². The Morgan fingerprint density at radius 1 is 1.08 bits per heavy atom. The van der Waals surface area contributed by atoms with Gasteiger partial charge >= 0.3 is 0 Å². The molecule has 3 N–H and O–H groups in total. The molecule has 1 aliphatic carbocycles. The van der Waals surface area contributed by atoms with Crippen LogP contribution in [0.1, 0.15) is 24.8 Å². The van der Waals surface area contributed by atoms with Gasteiger partial charge in [-0.05, 0) is 56.0 Å². The molecule has 0 spiro atoms. The minimum atomic E-state index is -0.327. The highest BCUT2D eigenvalue weighted by atomic mass is 16.5. The molecule has 0 aliphatic heterocycles. The van der Waals surface area contributed by atoms with Crippen molar-refractivity contribution in [3.8, 4) is 34.3 Å². The summed E-state index contributed by atoms with van der Waals surface area (Å²) in [4.78, 5) is 13.1. The van der Waals surface area contributed by atoms with E-state index in [1.807, 2.05) is 0 Å². The number of hydrogen-bond acceptors (Lipinski definition) is 6. The second kappa shape index (κ2) is 5.98. The van der Waals surface area contributed by atoms with E-state index in [9.17, 15) is 20.1 Å². The van der Waals surface area contributed by atoms with Gasteiger partial charge in [0.25, 0.3) is 0 Å². The number of aryl methyl sites for hydroxylation is 1. The van der Waals surface area contributed by atoms with Crippen LogP contribution < -0.4 is 10.2 Å². The van der Waals surface area contributed by atoms with Crippen molar-refractivity contribution < 1.29 is 24.5 Å². The van der Waals surface area contributed by atoms with Gasteiger partial charge in [0.05, 0.1) is 11.5 Å². The van der Waals surface area contributed by atoms with E-state index in [1.165, 1.54) is 30.3 Å². The summed E-state index contributed by atoms with van der Waals surface area (Å²) in [6.07, 6.45) is 2.74. The first kappa shape index (κ1) is 16.3. The first-order valence-electron chi connectivity index (χ1n) is 8.43. The molecule has 0 radical (unpaired) electrons. The summed E-state index contributed by atoms with van der Waals surface area (Å²) >= 11 is 0. The van der Waals surface area contributed by atoms with Gasteiger partial charge in [0.15, 0.2) is 17.3 Å². The second-order valence-corrected chi connectivity index (χ2v) is 6.60. The summed E-state index contributed by atoms with van der Waals surface area (Å²) in [5, 5.41) is 29.5. The highest BCUT2D eigenvalue weighted by Gasteiger charge is 2.26. The molecule has 4 rings (SSSR count). The highest BCUT2D eigenvalue weighted by Crippen LogP contribution is 2.38. The van der Waals surface area contributed by atoms with E-state index in [2.05, 4.69) is 0 Å². The molecule has 6 heteroatoms. The van der Waals surface area contributed by atoms with Crippen LogP contribution >= 0.6 is 0 Å². The molecule has 0 bridgehead atoms. The predicted molar refractivity (Wildman–Crippen MR) is 95.9 cm³/mol. The van der Waals surface area contributed by atoms with Gasteiger partial charge in [-0.25, -0.2) is 0 Å². The van der Waals surface area contributed by atoms with Crippen molar-refractivity contribution in [1.82, 2.24) is 0 Å². The first-order chi connectivity index (χ1) is 12.4. The van der Waals surface area contributed by atoms with Crippen molar-refractivity contribution in [2.24, 2.45) is 0 Å². The SMILES string of the molecule is Cc1cc(O)cc2oc(-c3ccc(O)c(O)c3)c(OC3CCC3)c(=O)c12. The van der Waals surface area contributed by atoms with E-state index < -0.39 is 0 Å². The first-order valence-corrected chi connectivity index (χ1v) is 8.43. The molecular formula is C20H18O6. The average Bonchev–Trinajstić information content (AvgIpc) is 2.54. The molecule has 134 valence electrons. The summed E-state index contributed by atoms with van der Waals surface area (Å²) in [7, 11) is 0. The molecule has 0 amide bonds. The number of phenolic OH excluding ortho intramolecular Hbond substituents is 3. The zero-order valence-electron chi connectivity index (χ0n) is 14.2. The van der Waals surface area contributed by atoms with Crippen LogP contribution in [-0.4, -0.2) is 21.4 Å². The zero-order valence-corrected chi connectivity index (χ0v) is 14.2. The topological polar surface area (TPSA) is 100 Å². The van der Waals surface area contributed by atoms with Gasteiger partial charge in [0.1, 0.15) is 11.3 Å².